The fourth-order valence-electron chi connectivity index (χ4n) is 3.86. The van der Waals surface area contributed by atoms with E-state index in [1.807, 2.05) is 24.3 Å². The van der Waals surface area contributed by atoms with Gasteiger partial charge in [-0.1, -0.05) is 17.3 Å². The Morgan fingerprint density at radius 3 is 2.88 bits per heavy atom. The zero-order chi connectivity index (χ0) is 23.6. The number of thiophene rings is 1. The normalized spacial score (nSPS) is 17.1. The molecule has 1 fully saturated rings. The first-order valence-electron chi connectivity index (χ1n) is 10.6. The monoisotopic (exact) mass is 490 g/mol. The van der Waals surface area contributed by atoms with Crippen LogP contribution in [0.2, 0.25) is 0 Å². The Kier molecular flexibility index (Phi) is 6.82. The largest absolute Gasteiger partial charge is 0.497 e. The lowest BCUT2D eigenvalue weighted by Gasteiger charge is -2.31. The van der Waals surface area contributed by atoms with Crippen molar-refractivity contribution in [3.8, 4) is 16.5 Å². The van der Waals surface area contributed by atoms with Gasteiger partial charge in [0, 0.05) is 31.4 Å². The van der Waals surface area contributed by atoms with Crippen molar-refractivity contribution < 1.29 is 22.5 Å². The summed E-state index contributed by atoms with van der Waals surface area (Å²) in [6, 6.07) is 9.06. The van der Waals surface area contributed by atoms with Crippen LogP contribution in [0.1, 0.15) is 29.2 Å². The number of carbonyl (C=O) groups excluding carboxylic acids is 1. The lowest BCUT2D eigenvalue weighted by atomic mass is 9.99. The molecule has 0 saturated carbocycles. The fourth-order valence-corrected chi connectivity index (χ4v) is 6.87. The van der Waals surface area contributed by atoms with E-state index in [1.54, 1.807) is 27.0 Å². The van der Waals surface area contributed by atoms with Crippen LogP contribution < -0.4 is 10.1 Å². The molecular weight excluding hydrogens is 464 g/mol. The summed E-state index contributed by atoms with van der Waals surface area (Å²) < 4.78 is 38.4. The number of sulfonamides is 1. The minimum atomic E-state index is -3.75. The molecule has 33 heavy (non-hydrogen) atoms. The topological polar surface area (TPSA) is 115 Å². The van der Waals surface area contributed by atoms with Gasteiger partial charge in [0.1, 0.15) is 5.75 Å². The number of methoxy groups -OCH3 is 1. The summed E-state index contributed by atoms with van der Waals surface area (Å²) >= 11 is 1.31. The molecule has 176 valence electrons. The van der Waals surface area contributed by atoms with Crippen LogP contribution >= 0.6 is 11.3 Å². The SMILES string of the molecule is COc1cccc(CNC(=O)C2CCCN(S(=O)(=O)c3cc(-c4noc(C)n4)sc3C)C2)c1. The molecule has 9 nitrogen and oxygen atoms in total. The first kappa shape index (κ1) is 23.4. The third-order valence-corrected chi connectivity index (χ3v) is 8.76. The second-order valence-electron chi connectivity index (χ2n) is 7.94. The zero-order valence-corrected chi connectivity index (χ0v) is 20.3. The van der Waals surface area contributed by atoms with Gasteiger partial charge in [-0.15, -0.1) is 11.3 Å². The van der Waals surface area contributed by atoms with E-state index in [1.165, 1.54) is 15.6 Å². The molecule has 1 N–H and O–H groups in total. The van der Waals surface area contributed by atoms with E-state index in [2.05, 4.69) is 15.5 Å². The van der Waals surface area contributed by atoms with Gasteiger partial charge >= 0.3 is 0 Å². The Bertz CT molecular complexity index is 1250. The Hall–Kier alpha value is -2.76. The van der Waals surface area contributed by atoms with Gasteiger partial charge in [-0.2, -0.15) is 9.29 Å². The number of aryl methyl sites for hydroxylation is 2. The maximum atomic E-state index is 13.4. The molecule has 3 aromatic rings. The van der Waals surface area contributed by atoms with E-state index in [0.29, 0.717) is 47.4 Å². The number of nitrogens with one attached hydrogen (secondary N) is 1. The molecule has 0 aliphatic carbocycles. The number of ether oxygens (including phenoxy) is 1. The van der Waals surface area contributed by atoms with E-state index < -0.39 is 15.9 Å². The minimum Gasteiger partial charge on any atom is -0.497 e. The number of rotatable bonds is 7. The van der Waals surface area contributed by atoms with Gasteiger partial charge < -0.3 is 14.6 Å². The number of aromatic nitrogens is 2. The predicted octanol–water partition coefficient (Wildman–Crippen LogP) is 3.14. The van der Waals surface area contributed by atoms with Crippen molar-refractivity contribution in [1.29, 1.82) is 0 Å². The van der Waals surface area contributed by atoms with E-state index in [0.717, 1.165) is 11.3 Å². The molecule has 1 atom stereocenters. The number of benzene rings is 1. The van der Waals surface area contributed by atoms with Crippen molar-refractivity contribution >= 4 is 27.3 Å². The van der Waals surface area contributed by atoms with Crippen molar-refractivity contribution in [2.45, 2.75) is 38.1 Å². The van der Waals surface area contributed by atoms with Crippen molar-refractivity contribution in [3.63, 3.8) is 0 Å². The molecule has 0 spiro atoms. The molecule has 0 radical (unpaired) electrons. The van der Waals surface area contributed by atoms with Crippen LogP contribution in [0.25, 0.3) is 10.7 Å². The second kappa shape index (κ2) is 9.62. The van der Waals surface area contributed by atoms with E-state index in [4.69, 9.17) is 9.26 Å². The van der Waals surface area contributed by atoms with Gasteiger partial charge in [0.05, 0.1) is 22.8 Å². The van der Waals surface area contributed by atoms with E-state index in [-0.39, 0.29) is 17.3 Å². The molecule has 1 aliphatic rings. The number of hydrogen-bond donors (Lipinski definition) is 1. The van der Waals surface area contributed by atoms with Gasteiger partial charge in [-0.25, -0.2) is 8.42 Å². The standard InChI is InChI=1S/C22H26N4O5S2/c1-14-20(11-19(32-14)21-24-15(2)31-25-21)33(28,29)26-9-5-7-17(13-26)22(27)23-12-16-6-4-8-18(10-16)30-3/h4,6,8,10-11,17H,5,7,9,12-13H2,1-3H3,(H,23,27). The van der Waals surface area contributed by atoms with E-state index in [9.17, 15) is 13.2 Å². The average Bonchev–Trinajstić information content (AvgIpc) is 3.43. The summed E-state index contributed by atoms with van der Waals surface area (Å²) in [5.74, 6) is 0.952. The quantitative estimate of drug-likeness (QED) is 0.541. The highest BCUT2D eigenvalue weighted by molar-refractivity contribution is 7.89. The summed E-state index contributed by atoms with van der Waals surface area (Å²) in [7, 11) is -2.16. The molecule has 11 heteroatoms. The number of nitrogens with zero attached hydrogens (tertiary/aromatic N) is 3. The Morgan fingerprint density at radius 1 is 1.33 bits per heavy atom. The molecule has 1 aromatic carbocycles. The summed E-state index contributed by atoms with van der Waals surface area (Å²) in [5, 5.41) is 6.81. The Morgan fingerprint density at radius 2 is 2.15 bits per heavy atom. The van der Waals surface area contributed by atoms with Gasteiger partial charge in [0.25, 0.3) is 0 Å². The molecule has 2 aromatic heterocycles. The summed E-state index contributed by atoms with van der Waals surface area (Å²) in [4.78, 5) is 18.5. The van der Waals surface area contributed by atoms with Crippen LogP contribution in [0, 0.1) is 19.8 Å². The van der Waals surface area contributed by atoms with Crippen LogP contribution in [-0.4, -0.2) is 49.0 Å². The van der Waals surface area contributed by atoms with Gasteiger partial charge in [0.15, 0.2) is 0 Å². The van der Waals surface area contributed by atoms with Crippen LogP contribution in [0.3, 0.4) is 0 Å². The van der Waals surface area contributed by atoms with Crippen LogP contribution in [0.15, 0.2) is 39.8 Å². The first-order chi connectivity index (χ1) is 15.8. The fraction of sp³-hybridized carbons (Fsp3) is 0.409. The third-order valence-electron chi connectivity index (χ3n) is 5.59. The molecule has 1 amide bonds. The highest BCUT2D eigenvalue weighted by Gasteiger charge is 2.35. The highest BCUT2D eigenvalue weighted by Crippen LogP contribution is 2.35. The number of carbonyl (C=O) groups is 1. The Balaban J connectivity index is 1.45. The second-order valence-corrected chi connectivity index (χ2v) is 11.1. The summed E-state index contributed by atoms with van der Waals surface area (Å²) in [6.07, 6.45) is 1.27. The molecule has 1 unspecified atom stereocenters. The smallest absolute Gasteiger partial charge is 0.244 e. The highest BCUT2D eigenvalue weighted by atomic mass is 32.2. The lowest BCUT2D eigenvalue weighted by Crippen LogP contribution is -2.45. The van der Waals surface area contributed by atoms with Crippen LogP contribution in [0.4, 0.5) is 0 Å². The Labute approximate surface area is 196 Å². The van der Waals surface area contributed by atoms with Crippen molar-refractivity contribution in [3.05, 3.63) is 46.7 Å². The summed E-state index contributed by atoms with van der Waals surface area (Å²) in [5.41, 5.74) is 0.918. The maximum absolute atomic E-state index is 13.4. The van der Waals surface area contributed by atoms with E-state index >= 15 is 0 Å². The van der Waals surface area contributed by atoms with Crippen LogP contribution in [0.5, 0.6) is 5.75 Å². The predicted molar refractivity (Wildman–Crippen MR) is 123 cm³/mol. The number of piperidine rings is 1. The van der Waals surface area contributed by atoms with Crippen molar-refractivity contribution in [2.24, 2.45) is 5.92 Å². The molecule has 4 rings (SSSR count). The van der Waals surface area contributed by atoms with Crippen molar-refractivity contribution in [2.75, 3.05) is 20.2 Å². The molecular formula is C22H26N4O5S2. The van der Waals surface area contributed by atoms with Gasteiger partial charge in [0.2, 0.25) is 27.6 Å². The number of hydrogen-bond acceptors (Lipinski definition) is 8. The maximum Gasteiger partial charge on any atom is 0.244 e. The third kappa shape index (κ3) is 5.10. The van der Waals surface area contributed by atoms with Gasteiger partial charge in [-0.05, 0) is 43.5 Å². The minimum absolute atomic E-state index is 0.150. The zero-order valence-electron chi connectivity index (χ0n) is 18.7. The molecule has 0 bridgehead atoms. The van der Waals surface area contributed by atoms with Gasteiger partial charge in [-0.3, -0.25) is 4.79 Å². The molecule has 1 saturated heterocycles. The molecule has 3 heterocycles. The first-order valence-corrected chi connectivity index (χ1v) is 12.9. The summed E-state index contributed by atoms with van der Waals surface area (Å²) in [6.45, 7) is 4.33. The molecule has 1 aliphatic heterocycles. The lowest BCUT2D eigenvalue weighted by molar-refractivity contribution is -0.126. The average molecular weight is 491 g/mol. The van der Waals surface area contributed by atoms with Crippen molar-refractivity contribution in [1.82, 2.24) is 19.8 Å². The number of amides is 1. The van der Waals surface area contributed by atoms with Crippen LogP contribution in [-0.2, 0) is 21.4 Å².